The third-order valence-electron chi connectivity index (χ3n) is 3.50. The standard InChI is InChI=1S/C14H22N4O2/c15-5-1-9-20-12-3-7-18(8-4-12)13-10-11(14(16)19)2-6-17-13/h2,6,10,12H,1,3-5,7-9,15H2,(H2,16,19). The third kappa shape index (κ3) is 3.91. The predicted octanol–water partition coefficient (Wildman–Crippen LogP) is 0.515. The van der Waals surface area contributed by atoms with E-state index < -0.39 is 5.91 Å². The fourth-order valence-electron chi connectivity index (χ4n) is 2.33. The number of aromatic nitrogens is 1. The van der Waals surface area contributed by atoms with Crippen molar-refractivity contribution < 1.29 is 9.53 Å². The molecule has 1 aromatic heterocycles. The van der Waals surface area contributed by atoms with E-state index in [2.05, 4.69) is 9.88 Å². The van der Waals surface area contributed by atoms with Crippen LogP contribution in [0, 0.1) is 0 Å². The minimum Gasteiger partial charge on any atom is -0.378 e. The Hall–Kier alpha value is -1.66. The molecule has 6 nitrogen and oxygen atoms in total. The monoisotopic (exact) mass is 278 g/mol. The van der Waals surface area contributed by atoms with Crippen molar-refractivity contribution >= 4 is 11.7 Å². The van der Waals surface area contributed by atoms with E-state index in [1.165, 1.54) is 0 Å². The lowest BCUT2D eigenvalue weighted by molar-refractivity contribution is 0.0365. The highest BCUT2D eigenvalue weighted by Crippen LogP contribution is 2.20. The zero-order chi connectivity index (χ0) is 14.4. The van der Waals surface area contributed by atoms with Crippen molar-refractivity contribution in [2.75, 3.05) is 31.1 Å². The van der Waals surface area contributed by atoms with E-state index in [9.17, 15) is 4.79 Å². The van der Waals surface area contributed by atoms with Crippen LogP contribution in [0.3, 0.4) is 0 Å². The number of pyridine rings is 1. The Kier molecular flexibility index (Phi) is 5.31. The van der Waals surface area contributed by atoms with E-state index in [-0.39, 0.29) is 0 Å². The normalized spacial score (nSPS) is 16.4. The number of carbonyl (C=O) groups is 1. The summed E-state index contributed by atoms with van der Waals surface area (Å²) >= 11 is 0. The molecule has 1 aromatic rings. The lowest BCUT2D eigenvalue weighted by Gasteiger charge is -2.32. The molecule has 2 heterocycles. The number of anilines is 1. The van der Waals surface area contributed by atoms with Crippen LogP contribution in [0.15, 0.2) is 18.3 Å². The van der Waals surface area contributed by atoms with Gasteiger partial charge in [0.15, 0.2) is 0 Å². The summed E-state index contributed by atoms with van der Waals surface area (Å²) in [5.41, 5.74) is 11.2. The van der Waals surface area contributed by atoms with E-state index in [0.29, 0.717) is 18.2 Å². The Balaban J connectivity index is 1.87. The molecule has 110 valence electrons. The van der Waals surface area contributed by atoms with Gasteiger partial charge in [0, 0.05) is 31.5 Å². The number of nitrogens with zero attached hydrogens (tertiary/aromatic N) is 2. The van der Waals surface area contributed by atoms with Crippen molar-refractivity contribution in [3.63, 3.8) is 0 Å². The lowest BCUT2D eigenvalue weighted by atomic mass is 10.1. The second-order valence-electron chi connectivity index (χ2n) is 4.97. The summed E-state index contributed by atoms with van der Waals surface area (Å²) in [6.45, 7) is 3.16. The Bertz CT molecular complexity index is 445. The van der Waals surface area contributed by atoms with Crippen LogP contribution < -0.4 is 16.4 Å². The fraction of sp³-hybridized carbons (Fsp3) is 0.571. The zero-order valence-electron chi connectivity index (χ0n) is 11.6. The van der Waals surface area contributed by atoms with Crippen LogP contribution in [0.2, 0.25) is 0 Å². The molecule has 1 saturated heterocycles. The molecule has 1 amide bonds. The molecule has 20 heavy (non-hydrogen) atoms. The van der Waals surface area contributed by atoms with Crippen LogP contribution in [0.5, 0.6) is 0 Å². The highest BCUT2D eigenvalue weighted by atomic mass is 16.5. The van der Waals surface area contributed by atoms with Gasteiger partial charge in [-0.1, -0.05) is 0 Å². The summed E-state index contributed by atoms with van der Waals surface area (Å²) in [6, 6.07) is 3.38. The van der Waals surface area contributed by atoms with Crippen LogP contribution in [-0.2, 0) is 4.74 Å². The minimum atomic E-state index is -0.423. The summed E-state index contributed by atoms with van der Waals surface area (Å²) in [7, 11) is 0. The second-order valence-corrected chi connectivity index (χ2v) is 4.97. The van der Waals surface area contributed by atoms with E-state index in [4.69, 9.17) is 16.2 Å². The molecular formula is C14H22N4O2. The van der Waals surface area contributed by atoms with E-state index >= 15 is 0 Å². The van der Waals surface area contributed by atoms with Crippen LogP contribution in [0.25, 0.3) is 0 Å². The lowest BCUT2D eigenvalue weighted by Crippen LogP contribution is -2.37. The largest absolute Gasteiger partial charge is 0.378 e. The first-order valence-corrected chi connectivity index (χ1v) is 7.03. The van der Waals surface area contributed by atoms with Gasteiger partial charge in [-0.2, -0.15) is 0 Å². The van der Waals surface area contributed by atoms with Crippen molar-refractivity contribution in [3.05, 3.63) is 23.9 Å². The molecule has 0 atom stereocenters. The first-order valence-electron chi connectivity index (χ1n) is 7.03. The number of amides is 1. The molecule has 1 aliphatic rings. The first kappa shape index (κ1) is 14.7. The average molecular weight is 278 g/mol. The van der Waals surface area contributed by atoms with Gasteiger partial charge in [-0.05, 0) is 37.9 Å². The van der Waals surface area contributed by atoms with E-state index in [1.807, 2.05) is 0 Å². The average Bonchev–Trinajstić information content (AvgIpc) is 2.48. The van der Waals surface area contributed by atoms with Crippen molar-refractivity contribution in [1.29, 1.82) is 0 Å². The smallest absolute Gasteiger partial charge is 0.248 e. The molecular weight excluding hydrogens is 256 g/mol. The highest BCUT2D eigenvalue weighted by Gasteiger charge is 2.20. The molecule has 0 unspecified atom stereocenters. The molecule has 0 aliphatic carbocycles. The summed E-state index contributed by atoms with van der Waals surface area (Å²) < 4.78 is 5.77. The highest BCUT2D eigenvalue weighted by molar-refractivity contribution is 5.93. The number of nitrogens with two attached hydrogens (primary N) is 2. The number of hydrogen-bond donors (Lipinski definition) is 2. The molecule has 1 aliphatic heterocycles. The topological polar surface area (TPSA) is 94.5 Å². The molecule has 0 spiro atoms. The van der Waals surface area contributed by atoms with Crippen molar-refractivity contribution in [1.82, 2.24) is 4.98 Å². The molecule has 6 heteroatoms. The van der Waals surface area contributed by atoms with Gasteiger partial charge in [-0.15, -0.1) is 0 Å². The summed E-state index contributed by atoms with van der Waals surface area (Å²) in [5.74, 6) is 0.385. The second kappa shape index (κ2) is 7.21. The van der Waals surface area contributed by atoms with E-state index in [1.54, 1.807) is 18.3 Å². The van der Waals surface area contributed by atoms with Crippen LogP contribution in [0.1, 0.15) is 29.6 Å². The molecule has 0 aromatic carbocycles. The molecule has 1 fully saturated rings. The van der Waals surface area contributed by atoms with Gasteiger partial charge in [0.25, 0.3) is 0 Å². The van der Waals surface area contributed by atoms with Gasteiger partial charge in [0.2, 0.25) is 5.91 Å². The Morgan fingerprint density at radius 2 is 2.20 bits per heavy atom. The number of primary amides is 1. The zero-order valence-corrected chi connectivity index (χ0v) is 11.6. The SMILES string of the molecule is NCCCOC1CCN(c2cc(C(N)=O)ccn2)CC1. The first-order chi connectivity index (χ1) is 9.70. The van der Waals surface area contributed by atoms with Gasteiger partial charge in [0.05, 0.1) is 6.10 Å². The number of carbonyl (C=O) groups excluding carboxylic acids is 1. The molecule has 0 radical (unpaired) electrons. The van der Waals surface area contributed by atoms with E-state index in [0.717, 1.165) is 44.8 Å². The summed E-state index contributed by atoms with van der Waals surface area (Å²) in [6.07, 6.45) is 4.76. The Morgan fingerprint density at radius 3 is 2.85 bits per heavy atom. The summed E-state index contributed by atoms with van der Waals surface area (Å²) in [4.78, 5) is 17.6. The maximum Gasteiger partial charge on any atom is 0.248 e. The van der Waals surface area contributed by atoms with Gasteiger partial charge < -0.3 is 21.1 Å². The fourth-order valence-corrected chi connectivity index (χ4v) is 2.33. The van der Waals surface area contributed by atoms with Gasteiger partial charge in [0.1, 0.15) is 5.82 Å². The maximum atomic E-state index is 11.2. The van der Waals surface area contributed by atoms with Gasteiger partial charge in [-0.25, -0.2) is 4.98 Å². The van der Waals surface area contributed by atoms with Crippen molar-refractivity contribution in [2.24, 2.45) is 11.5 Å². The molecule has 0 bridgehead atoms. The van der Waals surface area contributed by atoms with Crippen molar-refractivity contribution in [2.45, 2.75) is 25.4 Å². The number of ether oxygens (including phenoxy) is 1. The maximum absolute atomic E-state index is 11.2. The third-order valence-corrected chi connectivity index (χ3v) is 3.50. The minimum absolute atomic E-state index is 0.303. The Labute approximate surface area is 119 Å². The van der Waals surface area contributed by atoms with Gasteiger partial charge >= 0.3 is 0 Å². The van der Waals surface area contributed by atoms with Crippen LogP contribution in [0.4, 0.5) is 5.82 Å². The molecule has 0 saturated carbocycles. The quantitative estimate of drug-likeness (QED) is 0.740. The number of hydrogen-bond acceptors (Lipinski definition) is 5. The van der Waals surface area contributed by atoms with Crippen molar-refractivity contribution in [3.8, 4) is 0 Å². The molecule has 4 N–H and O–H groups in total. The van der Waals surface area contributed by atoms with Gasteiger partial charge in [-0.3, -0.25) is 4.79 Å². The predicted molar refractivity (Wildman–Crippen MR) is 77.6 cm³/mol. The summed E-state index contributed by atoms with van der Waals surface area (Å²) in [5, 5.41) is 0. The van der Waals surface area contributed by atoms with Crippen LogP contribution >= 0.6 is 0 Å². The number of piperidine rings is 1. The Morgan fingerprint density at radius 1 is 1.45 bits per heavy atom. The number of rotatable bonds is 6. The molecule has 2 rings (SSSR count). The van der Waals surface area contributed by atoms with Crippen LogP contribution in [-0.4, -0.2) is 43.2 Å².